The molecule has 0 saturated carbocycles. The quantitative estimate of drug-likeness (QED) is 0.368. The van der Waals surface area contributed by atoms with Crippen molar-refractivity contribution in [1.82, 2.24) is 0 Å². The molecule has 0 aliphatic heterocycles. The minimum Gasteiger partial charge on any atom is -0.365 e. The van der Waals surface area contributed by atoms with Gasteiger partial charge < -0.3 is 17.2 Å². The van der Waals surface area contributed by atoms with Crippen LogP contribution < -0.4 is 17.2 Å². The zero-order valence-corrected chi connectivity index (χ0v) is 6.31. The monoisotopic (exact) mass is 147 g/mol. The van der Waals surface area contributed by atoms with Gasteiger partial charge in [-0.1, -0.05) is 0 Å². The number of primary amides is 1. The molecule has 0 aliphatic carbocycles. The van der Waals surface area contributed by atoms with Gasteiger partial charge >= 0.3 is 0 Å². The van der Waals surface area contributed by atoms with Crippen molar-refractivity contribution in [3.05, 3.63) is 0 Å². The molecule has 0 aromatic heterocycles. The van der Waals surface area contributed by atoms with Gasteiger partial charge in [-0.05, 0) is 12.8 Å². The maximum atomic E-state index is 10.4. The lowest BCUT2D eigenvalue weighted by Crippen LogP contribution is -2.66. The minimum absolute atomic E-state index is 0.216. The Hall–Kier alpha value is -0.610. The Balaban J connectivity index is 3.21. The highest BCUT2D eigenvalue weighted by atomic mass is 16.1. The molecule has 60 valence electrons. The Labute approximate surface area is 60.7 Å². The Morgan fingerprint density at radius 1 is 1.50 bits per heavy atom. The van der Waals surface area contributed by atoms with Crippen LogP contribution in [-0.4, -0.2) is 18.5 Å². The number of rotatable bonds is 5. The summed E-state index contributed by atoms with van der Waals surface area (Å²) in [5.41, 5.74) is 12.3. The van der Waals surface area contributed by atoms with Gasteiger partial charge in [-0.2, -0.15) is 0 Å². The third kappa shape index (κ3) is 4.29. The van der Waals surface area contributed by atoms with Gasteiger partial charge in [-0.25, -0.2) is 0 Å². The number of carbonyl (C=O) groups excluding carboxylic acids is 1. The number of nitrogens with two attached hydrogens (primary N) is 1. The number of unbranched alkanes of at least 4 members (excludes halogenated alkanes) is 1. The molecular formula is C6H17N3O+2. The number of hydrogen-bond acceptors (Lipinski definition) is 1. The largest absolute Gasteiger partial charge is 0.365 e. The first kappa shape index (κ1) is 9.39. The van der Waals surface area contributed by atoms with E-state index in [1.54, 1.807) is 0 Å². The van der Waals surface area contributed by atoms with Crippen LogP contribution in [0, 0.1) is 0 Å². The Kier molecular flexibility index (Phi) is 4.88. The third-order valence-electron chi connectivity index (χ3n) is 1.45. The van der Waals surface area contributed by atoms with Crippen molar-refractivity contribution in [3.8, 4) is 0 Å². The van der Waals surface area contributed by atoms with Gasteiger partial charge in [0.25, 0.3) is 5.91 Å². The lowest BCUT2D eigenvalue weighted by Gasteiger charge is -2.00. The molecule has 1 amide bonds. The molecule has 0 spiro atoms. The second kappa shape index (κ2) is 5.20. The van der Waals surface area contributed by atoms with Crippen LogP contribution in [0.1, 0.15) is 19.3 Å². The van der Waals surface area contributed by atoms with Gasteiger partial charge in [-0.15, -0.1) is 0 Å². The maximum absolute atomic E-state index is 10.4. The van der Waals surface area contributed by atoms with Crippen molar-refractivity contribution in [3.63, 3.8) is 0 Å². The second-order valence-corrected chi connectivity index (χ2v) is 2.45. The molecule has 10 heavy (non-hydrogen) atoms. The van der Waals surface area contributed by atoms with Crippen molar-refractivity contribution < 1.29 is 16.3 Å². The number of hydrogen-bond donors (Lipinski definition) is 3. The summed E-state index contributed by atoms with van der Waals surface area (Å²) in [6.45, 7) is 0.922. The number of quaternary nitrogens is 2. The van der Waals surface area contributed by atoms with Gasteiger partial charge in [0.15, 0.2) is 6.04 Å². The van der Waals surface area contributed by atoms with Crippen LogP contribution in [-0.2, 0) is 4.79 Å². The van der Waals surface area contributed by atoms with Crippen molar-refractivity contribution in [2.45, 2.75) is 25.3 Å². The maximum Gasteiger partial charge on any atom is 0.275 e. The van der Waals surface area contributed by atoms with E-state index in [1.165, 1.54) is 0 Å². The summed E-state index contributed by atoms with van der Waals surface area (Å²) in [6.07, 6.45) is 2.85. The smallest absolute Gasteiger partial charge is 0.275 e. The fraction of sp³-hybridized carbons (Fsp3) is 0.833. The summed E-state index contributed by atoms with van der Waals surface area (Å²) in [7, 11) is 0. The molecule has 0 radical (unpaired) electrons. The predicted octanol–water partition coefficient (Wildman–Crippen LogP) is -2.51. The standard InChI is InChI=1S/C6H15N3O/c7-4-2-1-3-5(8)6(9)10/h5H,1-4,7-8H2,(H2,9,10)/p+2/t5-/m1/s1. The molecule has 0 aliphatic rings. The van der Waals surface area contributed by atoms with Gasteiger partial charge in [0.05, 0.1) is 6.54 Å². The van der Waals surface area contributed by atoms with Gasteiger partial charge in [0.1, 0.15) is 0 Å². The Morgan fingerprint density at radius 3 is 2.50 bits per heavy atom. The molecular weight excluding hydrogens is 130 g/mol. The van der Waals surface area contributed by atoms with E-state index in [-0.39, 0.29) is 11.9 Å². The van der Waals surface area contributed by atoms with Crippen LogP contribution in [0.15, 0.2) is 0 Å². The summed E-state index contributed by atoms with van der Waals surface area (Å²) in [5, 5.41) is 0. The van der Waals surface area contributed by atoms with Crippen molar-refractivity contribution in [1.29, 1.82) is 0 Å². The van der Waals surface area contributed by atoms with Gasteiger partial charge in [0, 0.05) is 6.42 Å². The molecule has 0 aromatic carbocycles. The fourth-order valence-electron chi connectivity index (χ4n) is 0.710. The van der Waals surface area contributed by atoms with E-state index in [2.05, 4.69) is 11.5 Å². The van der Waals surface area contributed by atoms with E-state index in [0.717, 1.165) is 25.8 Å². The van der Waals surface area contributed by atoms with Crippen LogP contribution in [0.5, 0.6) is 0 Å². The SMILES string of the molecule is NC(=O)[C@H]([NH3+])CCCC[NH3+]. The van der Waals surface area contributed by atoms with Crippen LogP contribution in [0.4, 0.5) is 0 Å². The average molecular weight is 147 g/mol. The Morgan fingerprint density at radius 2 is 2.10 bits per heavy atom. The highest BCUT2D eigenvalue weighted by Crippen LogP contribution is 1.94. The molecule has 0 saturated heterocycles. The van der Waals surface area contributed by atoms with Gasteiger partial charge in [-0.3, -0.25) is 4.79 Å². The van der Waals surface area contributed by atoms with Crippen molar-refractivity contribution in [2.24, 2.45) is 5.73 Å². The predicted molar refractivity (Wildman–Crippen MR) is 37.5 cm³/mol. The zero-order chi connectivity index (χ0) is 7.98. The third-order valence-corrected chi connectivity index (χ3v) is 1.45. The molecule has 0 unspecified atom stereocenters. The number of carbonyl (C=O) groups is 1. The molecule has 4 nitrogen and oxygen atoms in total. The summed E-state index contributed by atoms with van der Waals surface area (Å²) in [6, 6.07) is -0.216. The number of amides is 1. The molecule has 0 fully saturated rings. The van der Waals surface area contributed by atoms with E-state index in [1.807, 2.05) is 0 Å². The summed E-state index contributed by atoms with van der Waals surface area (Å²) >= 11 is 0. The molecule has 8 N–H and O–H groups in total. The summed E-state index contributed by atoms with van der Waals surface area (Å²) in [5.74, 6) is -0.302. The fourth-order valence-corrected chi connectivity index (χ4v) is 0.710. The first-order chi connectivity index (χ1) is 4.68. The summed E-state index contributed by atoms with van der Waals surface area (Å²) in [4.78, 5) is 10.4. The van der Waals surface area contributed by atoms with Crippen molar-refractivity contribution >= 4 is 5.91 Å². The van der Waals surface area contributed by atoms with Gasteiger partial charge in [0.2, 0.25) is 0 Å². The molecule has 0 heterocycles. The molecule has 1 atom stereocenters. The van der Waals surface area contributed by atoms with Crippen molar-refractivity contribution in [2.75, 3.05) is 6.54 Å². The summed E-state index contributed by atoms with van der Waals surface area (Å²) < 4.78 is 0. The normalized spacial score (nSPS) is 13.0. The van der Waals surface area contributed by atoms with Crippen LogP contribution >= 0.6 is 0 Å². The topological polar surface area (TPSA) is 98.4 Å². The molecule has 4 heteroatoms. The lowest BCUT2D eigenvalue weighted by molar-refractivity contribution is -0.405. The minimum atomic E-state index is -0.302. The molecule has 0 rings (SSSR count). The zero-order valence-electron chi connectivity index (χ0n) is 6.31. The Bertz CT molecular complexity index is 105. The van der Waals surface area contributed by atoms with E-state index in [4.69, 9.17) is 5.73 Å². The lowest BCUT2D eigenvalue weighted by atomic mass is 10.1. The first-order valence-corrected chi connectivity index (χ1v) is 3.60. The highest BCUT2D eigenvalue weighted by Gasteiger charge is 2.11. The molecule has 0 aromatic rings. The molecule has 0 bridgehead atoms. The van der Waals surface area contributed by atoms with E-state index >= 15 is 0 Å². The highest BCUT2D eigenvalue weighted by molar-refractivity contribution is 5.77. The van der Waals surface area contributed by atoms with E-state index in [9.17, 15) is 4.79 Å². The van der Waals surface area contributed by atoms with E-state index < -0.39 is 0 Å². The van der Waals surface area contributed by atoms with Crippen LogP contribution in [0.2, 0.25) is 0 Å². The van der Waals surface area contributed by atoms with Crippen LogP contribution in [0.25, 0.3) is 0 Å². The first-order valence-electron chi connectivity index (χ1n) is 3.60. The average Bonchev–Trinajstić information content (AvgIpc) is 1.88. The van der Waals surface area contributed by atoms with Crippen LogP contribution in [0.3, 0.4) is 0 Å². The second-order valence-electron chi connectivity index (χ2n) is 2.45. The van der Waals surface area contributed by atoms with E-state index in [0.29, 0.717) is 0 Å².